The lowest BCUT2D eigenvalue weighted by molar-refractivity contribution is 0.200. The lowest BCUT2D eigenvalue weighted by Gasteiger charge is -2.39. The number of likely N-dealkylation sites (N-methyl/N-ethyl adjacent to an activating group) is 1. The Hall–Kier alpha value is -2.47. The molecule has 2 atom stereocenters. The molecular formula is C23H27N5O. The highest BCUT2D eigenvalue weighted by atomic mass is 16.5. The van der Waals surface area contributed by atoms with Gasteiger partial charge < -0.3 is 9.64 Å². The molecule has 1 saturated carbocycles. The highest BCUT2D eigenvalue weighted by Crippen LogP contribution is 2.40. The number of nitrogens with zero attached hydrogens (tertiary/aromatic N) is 5. The fraction of sp³-hybridized carbons (Fsp3) is 0.522. The third-order valence-electron chi connectivity index (χ3n) is 7.13. The van der Waals surface area contributed by atoms with Crippen LogP contribution in [0.1, 0.15) is 49.4 Å². The van der Waals surface area contributed by atoms with Gasteiger partial charge in [0.1, 0.15) is 23.5 Å². The number of anilines is 1. The van der Waals surface area contributed by atoms with Crippen molar-refractivity contribution in [3.63, 3.8) is 0 Å². The number of aromatic nitrogens is 2. The van der Waals surface area contributed by atoms with Crippen LogP contribution in [0.25, 0.3) is 0 Å². The van der Waals surface area contributed by atoms with E-state index in [0.717, 1.165) is 54.5 Å². The molecule has 6 rings (SSSR count). The second-order valence-corrected chi connectivity index (χ2v) is 9.25. The second-order valence-electron chi connectivity index (χ2n) is 9.25. The molecule has 2 aromatic rings. The summed E-state index contributed by atoms with van der Waals surface area (Å²) >= 11 is 0. The van der Waals surface area contributed by atoms with Gasteiger partial charge in [-0.25, -0.2) is 9.97 Å². The Morgan fingerprint density at radius 1 is 1.07 bits per heavy atom. The Morgan fingerprint density at radius 3 is 2.62 bits per heavy atom. The largest absolute Gasteiger partial charge is 0.488 e. The zero-order valence-corrected chi connectivity index (χ0v) is 17.1. The van der Waals surface area contributed by atoms with Gasteiger partial charge in [0.15, 0.2) is 0 Å². The summed E-state index contributed by atoms with van der Waals surface area (Å²) in [5.41, 5.74) is 4.29. The van der Waals surface area contributed by atoms with Crippen molar-refractivity contribution in [3.05, 3.63) is 47.4 Å². The quantitative estimate of drug-likeness (QED) is 0.805. The molecule has 6 heteroatoms. The van der Waals surface area contributed by atoms with Crippen LogP contribution in [0.15, 0.2) is 35.6 Å². The monoisotopic (exact) mass is 389 g/mol. The molecule has 2 bridgehead atoms. The number of rotatable bonds is 4. The van der Waals surface area contributed by atoms with E-state index in [1.54, 1.807) is 6.33 Å². The van der Waals surface area contributed by atoms with Crippen LogP contribution in [0.2, 0.25) is 0 Å². The summed E-state index contributed by atoms with van der Waals surface area (Å²) < 4.78 is 6.18. The summed E-state index contributed by atoms with van der Waals surface area (Å²) in [6.07, 6.45) is 6.53. The molecule has 1 aromatic carbocycles. The molecule has 4 heterocycles. The van der Waals surface area contributed by atoms with E-state index in [2.05, 4.69) is 58.0 Å². The van der Waals surface area contributed by atoms with Gasteiger partial charge >= 0.3 is 0 Å². The Bertz CT molecular complexity index is 985. The molecule has 1 aliphatic carbocycles. The Labute approximate surface area is 171 Å². The van der Waals surface area contributed by atoms with Crippen LogP contribution in [0, 0.1) is 0 Å². The van der Waals surface area contributed by atoms with Crippen molar-refractivity contribution >= 4 is 11.5 Å². The van der Waals surface area contributed by atoms with Crippen LogP contribution in [0.3, 0.4) is 0 Å². The average molecular weight is 390 g/mol. The molecular weight excluding hydrogens is 362 g/mol. The molecule has 0 radical (unpaired) electrons. The minimum atomic E-state index is 0.0208. The first-order valence-corrected chi connectivity index (χ1v) is 10.7. The van der Waals surface area contributed by atoms with Crippen molar-refractivity contribution in [1.29, 1.82) is 0 Å². The van der Waals surface area contributed by atoms with E-state index in [4.69, 9.17) is 9.73 Å². The fourth-order valence-electron chi connectivity index (χ4n) is 4.96. The van der Waals surface area contributed by atoms with E-state index in [-0.39, 0.29) is 5.60 Å². The first-order chi connectivity index (χ1) is 14.1. The summed E-state index contributed by atoms with van der Waals surface area (Å²) in [7, 11) is 2.26. The van der Waals surface area contributed by atoms with Crippen LogP contribution in [0.5, 0.6) is 5.75 Å². The number of benzene rings is 1. The average Bonchev–Trinajstić information content (AvgIpc) is 3.25. The summed E-state index contributed by atoms with van der Waals surface area (Å²) in [4.78, 5) is 19.0. The highest BCUT2D eigenvalue weighted by molar-refractivity contribution is 6.14. The van der Waals surface area contributed by atoms with Gasteiger partial charge in [-0.05, 0) is 57.4 Å². The zero-order chi connectivity index (χ0) is 19.6. The maximum Gasteiger partial charge on any atom is 0.132 e. The van der Waals surface area contributed by atoms with Crippen molar-refractivity contribution in [2.24, 2.45) is 4.99 Å². The second kappa shape index (κ2) is 6.26. The first kappa shape index (κ1) is 17.4. The van der Waals surface area contributed by atoms with E-state index in [9.17, 15) is 0 Å². The van der Waals surface area contributed by atoms with Crippen LogP contribution < -0.4 is 9.64 Å². The van der Waals surface area contributed by atoms with Crippen molar-refractivity contribution in [2.45, 2.75) is 56.8 Å². The fourth-order valence-corrected chi connectivity index (χ4v) is 4.96. The van der Waals surface area contributed by atoms with Crippen molar-refractivity contribution in [2.75, 3.05) is 25.0 Å². The van der Waals surface area contributed by atoms with E-state index in [0.29, 0.717) is 18.6 Å². The third kappa shape index (κ3) is 3.01. The maximum atomic E-state index is 6.18. The number of hydrogen-bond acceptors (Lipinski definition) is 6. The summed E-state index contributed by atoms with van der Waals surface area (Å²) in [5.74, 6) is 1.96. The lowest BCUT2D eigenvalue weighted by Crippen LogP contribution is -2.52. The van der Waals surface area contributed by atoms with E-state index >= 15 is 0 Å². The van der Waals surface area contributed by atoms with Gasteiger partial charge in [0.25, 0.3) is 0 Å². The van der Waals surface area contributed by atoms with Crippen LogP contribution in [-0.4, -0.2) is 58.4 Å². The van der Waals surface area contributed by atoms with Crippen LogP contribution in [-0.2, 0) is 6.54 Å². The van der Waals surface area contributed by atoms with Crippen molar-refractivity contribution < 1.29 is 4.74 Å². The van der Waals surface area contributed by atoms with Crippen molar-refractivity contribution in [3.8, 4) is 5.75 Å². The summed E-state index contributed by atoms with van der Waals surface area (Å²) in [6, 6.07) is 9.76. The molecule has 0 spiro atoms. The number of ether oxygens (including phenoxy) is 1. The number of hydrogen-bond donors (Lipinski definition) is 0. The van der Waals surface area contributed by atoms with Gasteiger partial charge in [-0.2, -0.15) is 0 Å². The number of fused-ring (bicyclic) bond motifs is 3. The zero-order valence-electron chi connectivity index (χ0n) is 17.1. The molecule has 4 aliphatic rings. The van der Waals surface area contributed by atoms with Gasteiger partial charge in [0, 0.05) is 36.8 Å². The molecule has 29 heavy (non-hydrogen) atoms. The standard InChI is InChI=1S/C23H27N5O/c1-23(7-8-23)29-18-6-3-15-11-24-22(19(15)9-18)20-10-21(26-14-25-20)28-12-16-4-5-17(13-28)27(16)2/h3,6,9-10,14,16-17H,4-5,7-8,11-13H2,1-2H3. The smallest absolute Gasteiger partial charge is 0.132 e. The van der Waals surface area contributed by atoms with Crippen LogP contribution in [0.4, 0.5) is 5.82 Å². The lowest BCUT2D eigenvalue weighted by atomic mass is 10.0. The minimum absolute atomic E-state index is 0.0208. The van der Waals surface area contributed by atoms with E-state index < -0.39 is 0 Å². The molecule has 2 unspecified atom stereocenters. The first-order valence-electron chi connectivity index (χ1n) is 10.7. The Balaban J connectivity index is 1.28. The minimum Gasteiger partial charge on any atom is -0.488 e. The van der Waals surface area contributed by atoms with E-state index in [1.807, 2.05) is 0 Å². The number of piperazine rings is 1. The van der Waals surface area contributed by atoms with Crippen LogP contribution >= 0.6 is 0 Å². The molecule has 3 fully saturated rings. The Morgan fingerprint density at radius 2 is 1.86 bits per heavy atom. The van der Waals surface area contributed by atoms with Gasteiger partial charge in [-0.3, -0.25) is 9.89 Å². The van der Waals surface area contributed by atoms with Gasteiger partial charge in [-0.15, -0.1) is 0 Å². The molecule has 1 aromatic heterocycles. The molecule has 150 valence electrons. The SMILES string of the molecule is CN1C2CCC1CN(c1cc(C3=NCc4ccc(OC5(C)CC5)cc43)ncn1)C2. The third-order valence-corrected chi connectivity index (χ3v) is 7.13. The number of aliphatic imine (C=N–C) groups is 1. The summed E-state index contributed by atoms with van der Waals surface area (Å²) in [6.45, 7) is 4.97. The topological polar surface area (TPSA) is 53.9 Å². The normalized spacial score (nSPS) is 27.0. The molecule has 3 aliphatic heterocycles. The Kier molecular flexibility index (Phi) is 3.76. The van der Waals surface area contributed by atoms with E-state index in [1.165, 1.54) is 18.4 Å². The predicted octanol–water partition coefficient (Wildman–Crippen LogP) is 3.04. The summed E-state index contributed by atoms with van der Waals surface area (Å²) in [5, 5.41) is 0. The van der Waals surface area contributed by atoms with Gasteiger partial charge in [0.05, 0.1) is 18.0 Å². The highest BCUT2D eigenvalue weighted by Gasteiger charge is 2.40. The molecule has 0 N–H and O–H groups in total. The van der Waals surface area contributed by atoms with Gasteiger partial charge in [-0.1, -0.05) is 6.07 Å². The maximum absolute atomic E-state index is 6.18. The van der Waals surface area contributed by atoms with Crippen molar-refractivity contribution in [1.82, 2.24) is 14.9 Å². The molecule has 0 amide bonds. The van der Waals surface area contributed by atoms with Gasteiger partial charge in [0.2, 0.25) is 0 Å². The molecule has 6 nitrogen and oxygen atoms in total. The predicted molar refractivity (Wildman–Crippen MR) is 113 cm³/mol. The molecule has 2 saturated heterocycles.